The molecule has 1 aliphatic rings. The van der Waals surface area contributed by atoms with Crippen molar-refractivity contribution in [2.75, 3.05) is 25.5 Å². The lowest BCUT2D eigenvalue weighted by Crippen LogP contribution is -2.35. The highest BCUT2D eigenvalue weighted by molar-refractivity contribution is 6.05. The lowest BCUT2D eigenvalue weighted by Gasteiger charge is -2.29. The van der Waals surface area contributed by atoms with Gasteiger partial charge in [-0.1, -0.05) is 0 Å². The van der Waals surface area contributed by atoms with Gasteiger partial charge in [-0.2, -0.15) is 0 Å². The molecule has 2 N–H and O–H groups in total. The number of piperidine rings is 1. The summed E-state index contributed by atoms with van der Waals surface area (Å²) < 4.78 is 19.3. The Morgan fingerprint density at radius 3 is 2.63 bits per heavy atom. The number of fused-ring (bicyclic) bond motifs is 1. The number of aromatic amines is 1. The molecule has 140 valence electrons. The Hall–Kier alpha value is -2.86. The van der Waals surface area contributed by atoms with Crippen LogP contribution in [0.25, 0.3) is 10.9 Å². The second-order valence-electron chi connectivity index (χ2n) is 7.01. The summed E-state index contributed by atoms with van der Waals surface area (Å²) in [6.45, 7) is 2.10. The lowest BCUT2D eigenvalue weighted by atomic mass is 10.1. The Morgan fingerprint density at radius 2 is 1.89 bits per heavy atom. The first-order valence-electron chi connectivity index (χ1n) is 9.12. The van der Waals surface area contributed by atoms with Crippen LogP contribution in [0.5, 0.6) is 5.75 Å². The van der Waals surface area contributed by atoms with E-state index in [0.29, 0.717) is 16.8 Å². The quantitative estimate of drug-likeness (QED) is 0.732. The highest BCUT2D eigenvalue weighted by Gasteiger charge is 2.18. The van der Waals surface area contributed by atoms with Gasteiger partial charge < -0.3 is 19.9 Å². The van der Waals surface area contributed by atoms with Crippen molar-refractivity contribution in [3.8, 4) is 5.75 Å². The van der Waals surface area contributed by atoms with E-state index >= 15 is 0 Å². The number of hydrogen-bond acceptors (Lipinski definition) is 3. The Bertz CT molecular complexity index is 944. The van der Waals surface area contributed by atoms with E-state index in [1.165, 1.54) is 12.1 Å². The number of benzene rings is 2. The average molecular weight is 367 g/mol. The molecule has 4 rings (SSSR count). The number of likely N-dealkylation sites (tertiary alicyclic amines) is 1. The smallest absolute Gasteiger partial charge is 0.272 e. The first-order valence-corrected chi connectivity index (χ1v) is 9.12. The van der Waals surface area contributed by atoms with Crippen molar-refractivity contribution >= 4 is 22.5 Å². The number of carbonyl (C=O) groups excluding carboxylic acids is 1. The summed E-state index contributed by atoms with van der Waals surface area (Å²) >= 11 is 0. The maximum absolute atomic E-state index is 13.3. The summed E-state index contributed by atoms with van der Waals surface area (Å²) in [7, 11) is 2.12. The summed E-state index contributed by atoms with van der Waals surface area (Å²) in [4.78, 5) is 17.7. The standard InChI is InChI=1S/C21H22FN3O2/c1-25-10-8-18(9-11-25)27-17-5-3-16(4-6-17)23-21(26)20-13-14-12-15(22)2-7-19(14)24-20/h2-7,12-13,18,24H,8-11H2,1H3,(H,23,26). The minimum absolute atomic E-state index is 0.244. The van der Waals surface area contributed by atoms with Gasteiger partial charge in [-0.15, -0.1) is 0 Å². The number of carbonyl (C=O) groups is 1. The average Bonchev–Trinajstić information content (AvgIpc) is 3.08. The fourth-order valence-corrected chi connectivity index (χ4v) is 3.34. The summed E-state index contributed by atoms with van der Waals surface area (Å²) in [5.74, 6) is 0.216. The van der Waals surface area contributed by atoms with E-state index < -0.39 is 0 Å². The fraction of sp³-hybridized carbons (Fsp3) is 0.286. The van der Waals surface area contributed by atoms with Crippen LogP contribution < -0.4 is 10.1 Å². The Balaban J connectivity index is 1.39. The molecule has 1 amide bonds. The first-order chi connectivity index (χ1) is 13.1. The van der Waals surface area contributed by atoms with Crippen LogP contribution in [0.15, 0.2) is 48.5 Å². The number of anilines is 1. The van der Waals surface area contributed by atoms with E-state index in [1.54, 1.807) is 12.1 Å². The van der Waals surface area contributed by atoms with Crippen molar-refractivity contribution < 1.29 is 13.9 Å². The monoisotopic (exact) mass is 367 g/mol. The minimum atomic E-state index is -0.325. The molecule has 0 aliphatic carbocycles. The van der Waals surface area contributed by atoms with E-state index in [0.717, 1.165) is 37.2 Å². The fourth-order valence-electron chi connectivity index (χ4n) is 3.34. The predicted molar refractivity (Wildman–Crippen MR) is 104 cm³/mol. The highest BCUT2D eigenvalue weighted by atomic mass is 19.1. The van der Waals surface area contributed by atoms with Crippen LogP contribution in [0, 0.1) is 5.82 Å². The van der Waals surface area contributed by atoms with Crippen LogP contribution in [-0.4, -0.2) is 42.0 Å². The molecule has 0 bridgehead atoms. The van der Waals surface area contributed by atoms with E-state index in [4.69, 9.17) is 4.74 Å². The number of amides is 1. The molecule has 0 radical (unpaired) electrons. The molecule has 1 aliphatic heterocycles. The Labute approximate surface area is 157 Å². The zero-order chi connectivity index (χ0) is 18.8. The molecule has 3 aromatic rings. The molecule has 1 aromatic heterocycles. The van der Waals surface area contributed by atoms with Gasteiger partial charge in [0.2, 0.25) is 0 Å². The molecule has 1 saturated heterocycles. The van der Waals surface area contributed by atoms with Crippen molar-refractivity contribution in [3.63, 3.8) is 0 Å². The number of nitrogens with one attached hydrogen (secondary N) is 2. The Kier molecular flexibility index (Phi) is 4.81. The van der Waals surface area contributed by atoms with Crippen LogP contribution in [-0.2, 0) is 0 Å². The van der Waals surface area contributed by atoms with Crippen LogP contribution in [0.3, 0.4) is 0 Å². The molecule has 0 unspecified atom stereocenters. The third-order valence-electron chi connectivity index (χ3n) is 4.91. The van der Waals surface area contributed by atoms with Gasteiger partial charge in [0.25, 0.3) is 5.91 Å². The largest absolute Gasteiger partial charge is 0.490 e. The van der Waals surface area contributed by atoms with Crippen LogP contribution in [0.4, 0.5) is 10.1 Å². The molecule has 27 heavy (non-hydrogen) atoms. The molecule has 2 heterocycles. The van der Waals surface area contributed by atoms with Crippen LogP contribution >= 0.6 is 0 Å². The van der Waals surface area contributed by atoms with Gasteiger partial charge in [0.15, 0.2) is 0 Å². The number of rotatable bonds is 4. The third-order valence-corrected chi connectivity index (χ3v) is 4.91. The molecule has 0 spiro atoms. The van der Waals surface area contributed by atoms with Gasteiger partial charge in [0.05, 0.1) is 0 Å². The summed E-state index contributed by atoms with van der Waals surface area (Å²) in [5, 5.41) is 3.51. The summed E-state index contributed by atoms with van der Waals surface area (Å²) in [6, 6.07) is 13.4. The molecular weight excluding hydrogens is 345 g/mol. The van der Waals surface area contributed by atoms with Gasteiger partial charge in [0.1, 0.15) is 23.4 Å². The maximum atomic E-state index is 13.3. The lowest BCUT2D eigenvalue weighted by molar-refractivity contribution is 0.102. The van der Waals surface area contributed by atoms with Gasteiger partial charge in [0, 0.05) is 29.7 Å². The SMILES string of the molecule is CN1CCC(Oc2ccc(NC(=O)c3cc4cc(F)ccc4[nH]3)cc2)CC1. The molecule has 0 saturated carbocycles. The van der Waals surface area contributed by atoms with Gasteiger partial charge in [-0.05, 0) is 68.4 Å². The number of hydrogen-bond donors (Lipinski definition) is 2. The number of halogens is 1. The minimum Gasteiger partial charge on any atom is -0.490 e. The molecule has 6 heteroatoms. The molecule has 1 fully saturated rings. The van der Waals surface area contributed by atoms with Gasteiger partial charge >= 0.3 is 0 Å². The predicted octanol–water partition coefficient (Wildman–Crippen LogP) is 4.03. The Morgan fingerprint density at radius 1 is 1.15 bits per heavy atom. The van der Waals surface area contributed by atoms with Crippen LogP contribution in [0.1, 0.15) is 23.3 Å². The van der Waals surface area contributed by atoms with Gasteiger partial charge in [-0.25, -0.2) is 4.39 Å². The number of aromatic nitrogens is 1. The molecule has 2 aromatic carbocycles. The molecule has 5 nitrogen and oxygen atoms in total. The molecular formula is C21H22FN3O2. The first kappa shape index (κ1) is 17.5. The van der Waals surface area contributed by atoms with Crippen molar-refractivity contribution in [2.45, 2.75) is 18.9 Å². The molecule has 0 atom stereocenters. The second-order valence-corrected chi connectivity index (χ2v) is 7.01. The van der Waals surface area contributed by atoms with Crippen molar-refractivity contribution in [3.05, 3.63) is 60.0 Å². The zero-order valence-electron chi connectivity index (χ0n) is 15.2. The topological polar surface area (TPSA) is 57.4 Å². The van der Waals surface area contributed by atoms with Crippen molar-refractivity contribution in [1.29, 1.82) is 0 Å². The van der Waals surface area contributed by atoms with Crippen molar-refractivity contribution in [2.24, 2.45) is 0 Å². The second kappa shape index (κ2) is 7.40. The summed E-state index contributed by atoms with van der Waals surface area (Å²) in [6.07, 6.45) is 2.29. The zero-order valence-corrected chi connectivity index (χ0v) is 15.2. The third kappa shape index (κ3) is 4.11. The summed E-state index contributed by atoms with van der Waals surface area (Å²) in [5.41, 5.74) is 1.80. The van der Waals surface area contributed by atoms with Crippen LogP contribution in [0.2, 0.25) is 0 Å². The van der Waals surface area contributed by atoms with Crippen molar-refractivity contribution in [1.82, 2.24) is 9.88 Å². The normalized spacial score (nSPS) is 15.8. The van der Waals surface area contributed by atoms with Gasteiger partial charge in [-0.3, -0.25) is 4.79 Å². The number of nitrogens with zero attached hydrogens (tertiary/aromatic N) is 1. The van der Waals surface area contributed by atoms with E-state index in [2.05, 4.69) is 22.2 Å². The number of ether oxygens (including phenoxy) is 1. The van der Waals surface area contributed by atoms with E-state index in [-0.39, 0.29) is 17.8 Å². The maximum Gasteiger partial charge on any atom is 0.272 e. The number of H-pyrrole nitrogens is 1. The van der Waals surface area contributed by atoms with E-state index in [1.807, 2.05) is 24.3 Å². The van der Waals surface area contributed by atoms with E-state index in [9.17, 15) is 9.18 Å². The highest BCUT2D eigenvalue weighted by Crippen LogP contribution is 2.22.